The smallest absolute Gasteiger partial charge is 0.137 e. The second-order valence-electron chi connectivity index (χ2n) is 4.49. The summed E-state index contributed by atoms with van der Waals surface area (Å²) in [4.78, 5) is 0. The van der Waals surface area contributed by atoms with Gasteiger partial charge in [0.05, 0.1) is 17.7 Å². The summed E-state index contributed by atoms with van der Waals surface area (Å²) >= 11 is 9.51. The van der Waals surface area contributed by atoms with Gasteiger partial charge in [-0.25, -0.2) is 0 Å². The number of hydrogen-bond donors (Lipinski definition) is 1. The molecular weight excluding hydrogens is 318 g/mol. The molecule has 3 nitrogen and oxygen atoms in total. The van der Waals surface area contributed by atoms with Crippen molar-refractivity contribution in [1.82, 2.24) is 0 Å². The molecule has 0 aromatic heterocycles. The van der Waals surface area contributed by atoms with Gasteiger partial charge in [-0.15, -0.1) is 0 Å². The highest BCUT2D eigenvalue weighted by molar-refractivity contribution is 9.10. The molecule has 0 bridgehead atoms. The zero-order chi connectivity index (χ0) is 13.1. The summed E-state index contributed by atoms with van der Waals surface area (Å²) in [6.45, 7) is 0.841. The van der Waals surface area contributed by atoms with Gasteiger partial charge in [0.1, 0.15) is 5.75 Å². The fourth-order valence-electron chi connectivity index (χ4n) is 2.31. The van der Waals surface area contributed by atoms with Crippen molar-refractivity contribution < 1.29 is 9.47 Å². The van der Waals surface area contributed by atoms with Crippen molar-refractivity contribution in [2.45, 2.75) is 31.4 Å². The summed E-state index contributed by atoms with van der Waals surface area (Å²) in [5, 5.41) is 0.653. The molecule has 1 aliphatic heterocycles. The number of hydrogen-bond acceptors (Lipinski definition) is 3. The highest BCUT2D eigenvalue weighted by Gasteiger charge is 2.22. The first-order valence-corrected chi connectivity index (χ1v) is 7.19. The van der Waals surface area contributed by atoms with Crippen LogP contribution in [0.15, 0.2) is 16.6 Å². The van der Waals surface area contributed by atoms with Crippen molar-refractivity contribution in [1.29, 1.82) is 0 Å². The number of rotatable bonds is 4. The van der Waals surface area contributed by atoms with Crippen LogP contribution in [0.2, 0.25) is 5.02 Å². The van der Waals surface area contributed by atoms with Crippen LogP contribution >= 0.6 is 27.5 Å². The average molecular weight is 335 g/mol. The van der Waals surface area contributed by atoms with E-state index in [1.807, 2.05) is 12.1 Å². The summed E-state index contributed by atoms with van der Waals surface area (Å²) in [7, 11) is 1.64. The molecule has 2 unspecified atom stereocenters. The molecular formula is C13H17BrClNO2. The normalized spacial score (nSPS) is 21.0. The molecule has 0 radical (unpaired) electrons. The van der Waals surface area contributed by atoms with Gasteiger partial charge in [0.2, 0.25) is 0 Å². The maximum Gasteiger partial charge on any atom is 0.137 e. The van der Waals surface area contributed by atoms with E-state index in [4.69, 9.17) is 26.8 Å². The number of nitrogens with two attached hydrogens (primary N) is 1. The van der Waals surface area contributed by atoms with E-state index in [-0.39, 0.29) is 12.1 Å². The molecule has 5 heteroatoms. The summed E-state index contributed by atoms with van der Waals surface area (Å²) in [5.41, 5.74) is 7.17. The Morgan fingerprint density at radius 1 is 1.61 bits per heavy atom. The summed E-state index contributed by atoms with van der Waals surface area (Å²) in [6.07, 6.45) is 3.25. The first-order chi connectivity index (χ1) is 8.61. The maximum atomic E-state index is 6.25. The molecule has 1 heterocycles. The molecule has 100 valence electrons. The monoisotopic (exact) mass is 333 g/mol. The Labute approximate surface area is 121 Å². The maximum absolute atomic E-state index is 6.25. The van der Waals surface area contributed by atoms with Crippen molar-refractivity contribution >= 4 is 27.5 Å². The highest BCUT2D eigenvalue weighted by atomic mass is 79.9. The second kappa shape index (κ2) is 6.24. The largest absolute Gasteiger partial charge is 0.495 e. The molecule has 1 fully saturated rings. The standard InChI is InChI=1S/C13H17BrClNO2/c1-17-13-10(5-8(15)6-11(13)14)12(16)7-9-3-2-4-18-9/h5-6,9,12H,2-4,7,16H2,1H3. The Morgan fingerprint density at radius 2 is 2.39 bits per heavy atom. The molecule has 0 aliphatic carbocycles. The molecule has 2 atom stereocenters. The summed E-state index contributed by atoms with van der Waals surface area (Å²) in [6, 6.07) is 3.55. The molecule has 0 amide bonds. The van der Waals surface area contributed by atoms with E-state index in [1.54, 1.807) is 7.11 Å². The minimum absolute atomic E-state index is 0.127. The number of ether oxygens (including phenoxy) is 2. The van der Waals surface area contributed by atoms with Gasteiger partial charge in [-0.2, -0.15) is 0 Å². The quantitative estimate of drug-likeness (QED) is 0.913. The fraction of sp³-hybridized carbons (Fsp3) is 0.538. The van der Waals surface area contributed by atoms with E-state index >= 15 is 0 Å². The predicted octanol–water partition coefficient (Wildman–Crippen LogP) is 3.68. The van der Waals surface area contributed by atoms with Crippen LogP contribution in [-0.4, -0.2) is 19.8 Å². The third-order valence-electron chi connectivity index (χ3n) is 3.18. The van der Waals surface area contributed by atoms with Crippen molar-refractivity contribution in [3.63, 3.8) is 0 Å². The predicted molar refractivity (Wildman–Crippen MR) is 76.2 cm³/mol. The third kappa shape index (κ3) is 3.18. The lowest BCUT2D eigenvalue weighted by Crippen LogP contribution is -2.19. The molecule has 0 spiro atoms. The van der Waals surface area contributed by atoms with Crippen LogP contribution in [-0.2, 0) is 4.74 Å². The van der Waals surface area contributed by atoms with Crippen molar-refractivity contribution in [2.24, 2.45) is 5.73 Å². The van der Waals surface area contributed by atoms with Gasteiger partial charge in [-0.05, 0) is 47.3 Å². The number of methoxy groups -OCH3 is 1. The molecule has 2 N–H and O–H groups in total. The lowest BCUT2D eigenvalue weighted by Gasteiger charge is -2.20. The Kier molecular flexibility index (Phi) is 4.90. The fourth-order valence-corrected chi connectivity index (χ4v) is 3.31. The summed E-state index contributed by atoms with van der Waals surface area (Å²) in [5.74, 6) is 0.755. The van der Waals surface area contributed by atoms with E-state index in [9.17, 15) is 0 Å². The molecule has 0 saturated carbocycles. The number of benzene rings is 1. The third-order valence-corrected chi connectivity index (χ3v) is 3.99. The Hall–Kier alpha value is -0.290. The Balaban J connectivity index is 2.19. The van der Waals surface area contributed by atoms with Crippen LogP contribution in [0.5, 0.6) is 5.75 Å². The van der Waals surface area contributed by atoms with Crippen LogP contribution in [0.3, 0.4) is 0 Å². The van der Waals surface area contributed by atoms with Crippen molar-refractivity contribution in [3.05, 3.63) is 27.2 Å². The average Bonchev–Trinajstić information content (AvgIpc) is 2.80. The lowest BCUT2D eigenvalue weighted by molar-refractivity contribution is 0.0981. The molecule has 18 heavy (non-hydrogen) atoms. The zero-order valence-electron chi connectivity index (χ0n) is 10.3. The topological polar surface area (TPSA) is 44.5 Å². The van der Waals surface area contributed by atoms with E-state index in [0.29, 0.717) is 5.02 Å². The van der Waals surface area contributed by atoms with Gasteiger partial charge in [0, 0.05) is 23.2 Å². The van der Waals surface area contributed by atoms with E-state index in [1.165, 1.54) is 0 Å². The lowest BCUT2D eigenvalue weighted by atomic mass is 9.99. The van der Waals surface area contributed by atoms with Crippen LogP contribution < -0.4 is 10.5 Å². The SMILES string of the molecule is COc1c(Br)cc(Cl)cc1C(N)CC1CCCO1. The Morgan fingerprint density at radius 3 is 3.00 bits per heavy atom. The van der Waals surface area contributed by atoms with E-state index < -0.39 is 0 Å². The zero-order valence-corrected chi connectivity index (χ0v) is 12.6. The van der Waals surface area contributed by atoms with Crippen LogP contribution in [0.4, 0.5) is 0 Å². The van der Waals surface area contributed by atoms with Crippen LogP contribution in [0, 0.1) is 0 Å². The second-order valence-corrected chi connectivity index (χ2v) is 5.78. The van der Waals surface area contributed by atoms with Crippen LogP contribution in [0.25, 0.3) is 0 Å². The number of halogens is 2. The minimum Gasteiger partial charge on any atom is -0.495 e. The molecule has 1 aliphatic rings. The summed E-state index contributed by atoms with van der Waals surface area (Å²) < 4.78 is 11.8. The van der Waals surface area contributed by atoms with E-state index in [2.05, 4.69) is 15.9 Å². The van der Waals surface area contributed by atoms with Crippen LogP contribution in [0.1, 0.15) is 30.9 Å². The Bertz CT molecular complexity index is 422. The first kappa shape index (κ1) is 14.1. The van der Waals surface area contributed by atoms with Gasteiger partial charge in [-0.1, -0.05) is 11.6 Å². The van der Waals surface area contributed by atoms with Gasteiger partial charge in [-0.3, -0.25) is 0 Å². The van der Waals surface area contributed by atoms with Gasteiger partial charge in [0.25, 0.3) is 0 Å². The first-order valence-electron chi connectivity index (χ1n) is 6.02. The van der Waals surface area contributed by atoms with Gasteiger partial charge in [0.15, 0.2) is 0 Å². The van der Waals surface area contributed by atoms with Gasteiger partial charge < -0.3 is 15.2 Å². The van der Waals surface area contributed by atoms with Gasteiger partial charge >= 0.3 is 0 Å². The molecule has 1 aromatic carbocycles. The van der Waals surface area contributed by atoms with Crippen molar-refractivity contribution in [3.8, 4) is 5.75 Å². The molecule has 2 rings (SSSR count). The molecule has 1 aromatic rings. The van der Waals surface area contributed by atoms with Crippen molar-refractivity contribution in [2.75, 3.05) is 13.7 Å². The minimum atomic E-state index is -0.127. The highest BCUT2D eigenvalue weighted by Crippen LogP contribution is 2.37. The van der Waals surface area contributed by atoms with E-state index in [0.717, 1.165) is 41.7 Å². The molecule has 1 saturated heterocycles.